The van der Waals surface area contributed by atoms with Gasteiger partial charge in [-0.25, -0.2) is 4.99 Å². The fourth-order valence-corrected chi connectivity index (χ4v) is 2.39. The minimum Gasteiger partial charge on any atom is -0.487 e. The molecule has 1 unspecified atom stereocenters. The highest BCUT2D eigenvalue weighted by molar-refractivity contribution is 14.0. The number of hydrogen-bond acceptors (Lipinski definition) is 4. The Hall–Kier alpha value is -1.87. The summed E-state index contributed by atoms with van der Waals surface area (Å²) in [6, 6.07) is 14.0. The van der Waals surface area contributed by atoms with Crippen molar-refractivity contribution in [2.45, 2.75) is 33.0 Å². The summed E-state index contributed by atoms with van der Waals surface area (Å²) >= 11 is 0. The molecule has 6 nitrogen and oxygen atoms in total. The lowest BCUT2D eigenvalue weighted by molar-refractivity contribution is 0.179. The summed E-state index contributed by atoms with van der Waals surface area (Å²) in [7, 11) is 1.69. The van der Waals surface area contributed by atoms with Crippen LogP contribution in [-0.2, 0) is 17.9 Å². The van der Waals surface area contributed by atoms with E-state index in [1.807, 2.05) is 49.4 Å². The number of halogens is 1. The largest absolute Gasteiger partial charge is 0.487 e. The number of methoxy groups -OCH3 is 1. The summed E-state index contributed by atoms with van der Waals surface area (Å²) in [5.41, 5.74) is 1.99. The van der Waals surface area contributed by atoms with E-state index in [0.29, 0.717) is 19.8 Å². The number of aliphatic imine (C=N–C) groups is 1. The molecule has 2 aromatic rings. The monoisotopic (exact) mass is 484 g/mol. The third-order valence-electron chi connectivity index (χ3n) is 3.58. The number of benzene rings is 1. The Bertz CT molecular complexity index is 683. The number of aromatic nitrogens is 1. The van der Waals surface area contributed by atoms with E-state index in [4.69, 9.17) is 9.47 Å². The van der Waals surface area contributed by atoms with Gasteiger partial charge in [-0.2, -0.15) is 0 Å². The first-order valence-electron chi connectivity index (χ1n) is 8.86. The quantitative estimate of drug-likeness (QED) is 0.325. The molecule has 0 aliphatic heterocycles. The third-order valence-corrected chi connectivity index (χ3v) is 3.58. The van der Waals surface area contributed by atoms with Crippen molar-refractivity contribution < 1.29 is 9.47 Å². The zero-order valence-corrected chi connectivity index (χ0v) is 18.5. The normalized spacial score (nSPS) is 12.0. The molecule has 0 fully saturated rings. The van der Waals surface area contributed by atoms with Crippen molar-refractivity contribution in [3.63, 3.8) is 0 Å². The van der Waals surface area contributed by atoms with Gasteiger partial charge in [-0.15, -0.1) is 24.0 Å². The second-order valence-corrected chi connectivity index (χ2v) is 5.95. The van der Waals surface area contributed by atoms with Crippen LogP contribution in [0.15, 0.2) is 53.7 Å². The molecule has 0 radical (unpaired) electrons. The Kier molecular flexibility index (Phi) is 11.4. The number of guanidine groups is 1. The van der Waals surface area contributed by atoms with Crippen LogP contribution in [0.1, 0.15) is 25.1 Å². The first-order chi connectivity index (χ1) is 12.7. The van der Waals surface area contributed by atoms with Crippen molar-refractivity contribution in [2.24, 2.45) is 4.99 Å². The molecule has 148 valence electrons. The molecule has 2 rings (SSSR count). The van der Waals surface area contributed by atoms with Gasteiger partial charge in [-0.05, 0) is 43.7 Å². The van der Waals surface area contributed by atoms with Crippen molar-refractivity contribution in [3.8, 4) is 5.75 Å². The predicted molar refractivity (Wildman–Crippen MR) is 120 cm³/mol. The van der Waals surface area contributed by atoms with Crippen molar-refractivity contribution in [1.82, 2.24) is 15.6 Å². The second-order valence-electron chi connectivity index (χ2n) is 5.95. The molecule has 0 amide bonds. The molecule has 2 N–H and O–H groups in total. The van der Waals surface area contributed by atoms with Crippen LogP contribution in [0.2, 0.25) is 0 Å². The molecule has 1 aromatic carbocycles. The van der Waals surface area contributed by atoms with E-state index in [2.05, 4.69) is 27.5 Å². The van der Waals surface area contributed by atoms with E-state index in [0.717, 1.165) is 29.5 Å². The zero-order chi connectivity index (χ0) is 18.6. The Labute approximate surface area is 178 Å². The lowest BCUT2D eigenvalue weighted by atomic mass is 10.2. The molecular formula is C20H29IN4O2. The number of pyridine rings is 1. The summed E-state index contributed by atoms with van der Waals surface area (Å²) in [5, 5.41) is 6.57. The highest BCUT2D eigenvalue weighted by Gasteiger charge is 2.05. The van der Waals surface area contributed by atoms with Gasteiger partial charge in [0.1, 0.15) is 12.4 Å². The number of ether oxygens (including phenoxy) is 2. The van der Waals surface area contributed by atoms with E-state index >= 15 is 0 Å². The molecule has 0 aliphatic rings. The third kappa shape index (κ3) is 9.05. The van der Waals surface area contributed by atoms with E-state index in [9.17, 15) is 0 Å². The molecule has 0 spiro atoms. The Morgan fingerprint density at radius 2 is 2.07 bits per heavy atom. The number of nitrogens with one attached hydrogen (secondary N) is 2. The maximum atomic E-state index is 5.82. The molecule has 1 aromatic heterocycles. The van der Waals surface area contributed by atoms with Crippen LogP contribution in [-0.4, -0.2) is 37.2 Å². The minimum absolute atomic E-state index is 0. The van der Waals surface area contributed by atoms with Crippen molar-refractivity contribution in [2.75, 3.05) is 20.3 Å². The molecule has 0 bridgehead atoms. The van der Waals surface area contributed by atoms with Crippen LogP contribution in [0, 0.1) is 0 Å². The van der Waals surface area contributed by atoms with E-state index in [1.54, 1.807) is 13.3 Å². The number of nitrogens with zero attached hydrogens (tertiary/aromatic N) is 2. The Morgan fingerprint density at radius 1 is 1.22 bits per heavy atom. The summed E-state index contributed by atoms with van der Waals surface area (Å²) < 4.78 is 11.0. The van der Waals surface area contributed by atoms with Crippen LogP contribution >= 0.6 is 24.0 Å². The van der Waals surface area contributed by atoms with Gasteiger partial charge in [0, 0.05) is 25.9 Å². The Morgan fingerprint density at radius 3 is 2.78 bits per heavy atom. The molecule has 27 heavy (non-hydrogen) atoms. The SMILES string of the molecule is CCNC(=NCc1cccc(OCc2ccccn2)c1)NC(C)COC.I. The predicted octanol–water partition coefficient (Wildman–Crippen LogP) is 3.37. The lowest BCUT2D eigenvalue weighted by Crippen LogP contribution is -2.43. The Balaban J connectivity index is 0.00000364. The fourth-order valence-electron chi connectivity index (χ4n) is 2.39. The van der Waals surface area contributed by atoms with Crippen LogP contribution < -0.4 is 15.4 Å². The van der Waals surface area contributed by atoms with Crippen molar-refractivity contribution in [3.05, 3.63) is 59.9 Å². The van der Waals surface area contributed by atoms with Gasteiger partial charge >= 0.3 is 0 Å². The molecular weight excluding hydrogens is 455 g/mol. The topological polar surface area (TPSA) is 67.8 Å². The molecule has 0 aliphatic carbocycles. The van der Waals surface area contributed by atoms with Crippen molar-refractivity contribution in [1.29, 1.82) is 0 Å². The van der Waals surface area contributed by atoms with Crippen LogP contribution in [0.25, 0.3) is 0 Å². The maximum Gasteiger partial charge on any atom is 0.191 e. The average Bonchev–Trinajstić information content (AvgIpc) is 2.66. The molecule has 0 saturated heterocycles. The molecule has 1 atom stereocenters. The minimum atomic E-state index is 0. The first-order valence-corrected chi connectivity index (χ1v) is 8.86. The van der Waals surface area contributed by atoms with Gasteiger partial charge in [0.25, 0.3) is 0 Å². The summed E-state index contributed by atoms with van der Waals surface area (Å²) in [4.78, 5) is 8.90. The van der Waals surface area contributed by atoms with E-state index in [1.165, 1.54) is 0 Å². The highest BCUT2D eigenvalue weighted by atomic mass is 127. The molecule has 0 saturated carbocycles. The van der Waals surface area contributed by atoms with Gasteiger partial charge in [0.05, 0.1) is 18.8 Å². The maximum absolute atomic E-state index is 5.82. The van der Waals surface area contributed by atoms with Crippen LogP contribution in [0.3, 0.4) is 0 Å². The lowest BCUT2D eigenvalue weighted by Gasteiger charge is -2.17. The van der Waals surface area contributed by atoms with Gasteiger partial charge in [-0.3, -0.25) is 4.98 Å². The second kappa shape index (κ2) is 13.3. The van der Waals surface area contributed by atoms with Gasteiger partial charge in [0.15, 0.2) is 5.96 Å². The zero-order valence-electron chi connectivity index (χ0n) is 16.1. The molecule has 1 heterocycles. The standard InChI is InChI=1S/C20H28N4O2.HI/c1-4-21-20(24-16(2)14-25-3)23-13-17-8-7-10-19(12-17)26-15-18-9-5-6-11-22-18;/h5-12,16H,4,13-15H2,1-3H3,(H2,21,23,24);1H. The van der Waals surface area contributed by atoms with E-state index in [-0.39, 0.29) is 30.0 Å². The smallest absolute Gasteiger partial charge is 0.191 e. The number of rotatable bonds is 9. The van der Waals surface area contributed by atoms with Crippen molar-refractivity contribution >= 4 is 29.9 Å². The fraction of sp³-hybridized carbons (Fsp3) is 0.400. The van der Waals surface area contributed by atoms with Gasteiger partial charge < -0.3 is 20.1 Å². The van der Waals surface area contributed by atoms with Crippen LogP contribution in [0.4, 0.5) is 0 Å². The first kappa shape index (κ1) is 23.2. The van der Waals surface area contributed by atoms with Gasteiger partial charge in [0.2, 0.25) is 0 Å². The summed E-state index contributed by atoms with van der Waals surface area (Å²) in [5.74, 6) is 1.59. The number of hydrogen-bond donors (Lipinski definition) is 2. The van der Waals surface area contributed by atoms with E-state index < -0.39 is 0 Å². The highest BCUT2D eigenvalue weighted by Crippen LogP contribution is 2.15. The average molecular weight is 484 g/mol. The van der Waals surface area contributed by atoms with Crippen LogP contribution in [0.5, 0.6) is 5.75 Å². The summed E-state index contributed by atoms with van der Waals surface area (Å²) in [6.07, 6.45) is 1.77. The summed E-state index contributed by atoms with van der Waals surface area (Å²) in [6.45, 7) is 6.55. The van der Waals surface area contributed by atoms with Gasteiger partial charge in [-0.1, -0.05) is 18.2 Å². The molecule has 7 heteroatoms.